The van der Waals surface area contributed by atoms with Gasteiger partial charge in [-0.15, -0.1) is 0 Å². The summed E-state index contributed by atoms with van der Waals surface area (Å²) in [5.74, 6) is -0.198. The predicted molar refractivity (Wildman–Crippen MR) is 68.6 cm³/mol. The minimum absolute atomic E-state index is 0.198. The summed E-state index contributed by atoms with van der Waals surface area (Å²) in [5.41, 5.74) is 7.06. The summed E-state index contributed by atoms with van der Waals surface area (Å²) in [6.07, 6.45) is 3.83. The van der Waals surface area contributed by atoms with Crippen LogP contribution in [0.1, 0.15) is 24.8 Å². The molecular formula is C14H19FN2O. The van der Waals surface area contributed by atoms with E-state index in [9.17, 15) is 4.39 Å². The van der Waals surface area contributed by atoms with Crippen LogP contribution in [0.15, 0.2) is 18.2 Å². The maximum absolute atomic E-state index is 13.8. The van der Waals surface area contributed by atoms with Crippen LogP contribution in [-0.2, 0) is 11.3 Å². The van der Waals surface area contributed by atoms with Crippen molar-refractivity contribution in [1.29, 1.82) is 0 Å². The first-order chi connectivity index (χ1) is 8.75. The third-order valence-corrected chi connectivity index (χ3v) is 4.11. The smallest absolute Gasteiger partial charge is 0.129 e. The summed E-state index contributed by atoms with van der Waals surface area (Å²) in [6.45, 7) is 2.22. The highest BCUT2D eigenvalue weighted by atomic mass is 19.1. The van der Waals surface area contributed by atoms with Gasteiger partial charge < -0.3 is 10.5 Å². The van der Waals surface area contributed by atoms with Crippen LogP contribution in [0.3, 0.4) is 0 Å². The lowest BCUT2D eigenvalue weighted by atomic mass is 10.1. The number of benzene rings is 1. The van der Waals surface area contributed by atoms with Gasteiger partial charge in [-0.2, -0.15) is 0 Å². The van der Waals surface area contributed by atoms with Gasteiger partial charge >= 0.3 is 0 Å². The van der Waals surface area contributed by atoms with Crippen molar-refractivity contribution in [2.45, 2.75) is 38.0 Å². The predicted octanol–water partition coefficient (Wildman–Crippen LogP) is 2.16. The molecular weight excluding hydrogens is 231 g/mol. The second kappa shape index (κ2) is 4.86. The molecule has 4 heteroatoms. The fraction of sp³-hybridized carbons (Fsp3) is 0.571. The van der Waals surface area contributed by atoms with E-state index in [4.69, 9.17) is 10.5 Å². The Morgan fingerprint density at radius 2 is 2.28 bits per heavy atom. The molecule has 1 aliphatic carbocycles. The number of fused-ring (bicyclic) bond motifs is 1. The average molecular weight is 250 g/mol. The van der Waals surface area contributed by atoms with Gasteiger partial charge in [-0.3, -0.25) is 4.90 Å². The first-order valence-electron chi connectivity index (χ1n) is 6.64. The molecule has 2 aliphatic rings. The molecule has 1 aliphatic heterocycles. The van der Waals surface area contributed by atoms with Gasteiger partial charge in [0.1, 0.15) is 5.82 Å². The lowest BCUT2D eigenvalue weighted by Crippen LogP contribution is -2.48. The van der Waals surface area contributed by atoms with E-state index in [-0.39, 0.29) is 5.82 Å². The number of morpholine rings is 1. The molecule has 0 bridgehead atoms. The van der Waals surface area contributed by atoms with Gasteiger partial charge in [-0.25, -0.2) is 4.39 Å². The molecule has 0 aromatic heterocycles. The minimum Gasteiger partial charge on any atom is -0.398 e. The maximum atomic E-state index is 13.8. The van der Waals surface area contributed by atoms with E-state index in [0.717, 1.165) is 26.0 Å². The zero-order valence-corrected chi connectivity index (χ0v) is 10.4. The molecule has 1 saturated carbocycles. The van der Waals surface area contributed by atoms with E-state index in [2.05, 4.69) is 4.90 Å². The number of rotatable bonds is 2. The van der Waals surface area contributed by atoms with Crippen LogP contribution in [0.2, 0.25) is 0 Å². The molecule has 0 amide bonds. The van der Waals surface area contributed by atoms with E-state index in [1.807, 2.05) is 0 Å². The monoisotopic (exact) mass is 250 g/mol. The van der Waals surface area contributed by atoms with Crippen molar-refractivity contribution >= 4 is 5.69 Å². The van der Waals surface area contributed by atoms with E-state index in [1.54, 1.807) is 12.1 Å². The highest BCUT2D eigenvalue weighted by Gasteiger charge is 2.36. The Hall–Kier alpha value is -1.13. The highest BCUT2D eigenvalue weighted by molar-refractivity contribution is 5.47. The summed E-state index contributed by atoms with van der Waals surface area (Å²) in [4.78, 5) is 2.33. The number of nitrogen functional groups attached to an aromatic ring is 1. The van der Waals surface area contributed by atoms with E-state index >= 15 is 0 Å². The fourth-order valence-electron chi connectivity index (χ4n) is 3.15. The molecule has 2 N–H and O–H groups in total. The largest absolute Gasteiger partial charge is 0.398 e. The lowest BCUT2D eigenvalue weighted by molar-refractivity contribution is -0.0590. The maximum Gasteiger partial charge on any atom is 0.129 e. The Morgan fingerprint density at radius 3 is 3.11 bits per heavy atom. The van der Waals surface area contributed by atoms with Crippen LogP contribution in [0.25, 0.3) is 0 Å². The van der Waals surface area contributed by atoms with Crippen LogP contribution in [0.5, 0.6) is 0 Å². The quantitative estimate of drug-likeness (QED) is 0.817. The number of halogens is 1. The van der Waals surface area contributed by atoms with Gasteiger partial charge in [-0.1, -0.05) is 6.07 Å². The summed E-state index contributed by atoms with van der Waals surface area (Å²) in [6, 6.07) is 5.35. The second-order valence-corrected chi connectivity index (χ2v) is 5.19. The molecule has 2 fully saturated rings. The SMILES string of the molecule is Nc1cccc(F)c1CN1CCOC2CCCC21. The number of nitrogens with zero attached hydrogens (tertiary/aromatic N) is 1. The number of hydrogen-bond donors (Lipinski definition) is 1. The number of hydrogen-bond acceptors (Lipinski definition) is 3. The van der Waals surface area contributed by atoms with Crippen molar-refractivity contribution in [3.63, 3.8) is 0 Å². The van der Waals surface area contributed by atoms with Gasteiger partial charge in [0.25, 0.3) is 0 Å². The van der Waals surface area contributed by atoms with Crippen molar-refractivity contribution in [2.24, 2.45) is 0 Å². The van der Waals surface area contributed by atoms with Crippen molar-refractivity contribution in [1.82, 2.24) is 4.90 Å². The van der Waals surface area contributed by atoms with Gasteiger partial charge in [-0.05, 0) is 31.4 Å². The van der Waals surface area contributed by atoms with Crippen molar-refractivity contribution in [3.05, 3.63) is 29.6 Å². The van der Waals surface area contributed by atoms with E-state index in [1.165, 1.54) is 12.5 Å². The van der Waals surface area contributed by atoms with Crippen LogP contribution in [-0.4, -0.2) is 30.2 Å². The van der Waals surface area contributed by atoms with E-state index < -0.39 is 0 Å². The molecule has 0 spiro atoms. The number of ether oxygens (including phenoxy) is 1. The van der Waals surface area contributed by atoms with Gasteiger partial charge in [0.15, 0.2) is 0 Å². The first kappa shape index (κ1) is 11.9. The summed E-state index contributed by atoms with van der Waals surface area (Å²) < 4.78 is 19.6. The molecule has 1 aromatic rings. The van der Waals surface area contributed by atoms with Gasteiger partial charge in [0.2, 0.25) is 0 Å². The highest BCUT2D eigenvalue weighted by Crippen LogP contribution is 2.31. The third kappa shape index (κ3) is 2.10. The standard InChI is InChI=1S/C14H19FN2O/c15-11-3-1-4-12(16)10(11)9-17-7-8-18-14-6-2-5-13(14)17/h1,3-4,13-14H,2,5-9,16H2. The van der Waals surface area contributed by atoms with E-state index in [0.29, 0.717) is 29.9 Å². The summed E-state index contributed by atoms with van der Waals surface area (Å²) in [5, 5.41) is 0. The Labute approximate surface area is 107 Å². The number of anilines is 1. The molecule has 1 saturated heterocycles. The second-order valence-electron chi connectivity index (χ2n) is 5.19. The Bertz CT molecular complexity index is 418. The third-order valence-electron chi connectivity index (χ3n) is 4.11. The summed E-state index contributed by atoms with van der Waals surface area (Å²) >= 11 is 0. The molecule has 3 nitrogen and oxygen atoms in total. The zero-order valence-electron chi connectivity index (χ0n) is 10.4. The topological polar surface area (TPSA) is 38.5 Å². The molecule has 98 valence electrons. The molecule has 3 rings (SSSR count). The van der Waals surface area contributed by atoms with Crippen molar-refractivity contribution in [2.75, 3.05) is 18.9 Å². The van der Waals surface area contributed by atoms with Crippen LogP contribution in [0.4, 0.5) is 10.1 Å². The molecule has 18 heavy (non-hydrogen) atoms. The minimum atomic E-state index is -0.198. The molecule has 0 radical (unpaired) electrons. The van der Waals surface area contributed by atoms with Crippen LogP contribution >= 0.6 is 0 Å². The van der Waals surface area contributed by atoms with Crippen LogP contribution in [0, 0.1) is 5.82 Å². The van der Waals surface area contributed by atoms with Crippen molar-refractivity contribution < 1.29 is 9.13 Å². The Balaban J connectivity index is 1.79. The fourth-order valence-corrected chi connectivity index (χ4v) is 3.15. The van der Waals surface area contributed by atoms with Gasteiger partial charge in [0, 0.05) is 30.4 Å². The zero-order chi connectivity index (χ0) is 12.5. The van der Waals surface area contributed by atoms with Crippen LogP contribution < -0.4 is 5.73 Å². The molecule has 1 heterocycles. The summed E-state index contributed by atoms with van der Waals surface area (Å²) in [7, 11) is 0. The average Bonchev–Trinajstić information content (AvgIpc) is 2.83. The first-order valence-corrected chi connectivity index (χ1v) is 6.64. The Kier molecular flexibility index (Phi) is 3.22. The Morgan fingerprint density at radius 1 is 1.39 bits per heavy atom. The normalized spacial score (nSPS) is 28.3. The molecule has 1 aromatic carbocycles. The van der Waals surface area contributed by atoms with Crippen molar-refractivity contribution in [3.8, 4) is 0 Å². The molecule has 2 unspecified atom stereocenters. The lowest BCUT2D eigenvalue weighted by Gasteiger charge is -2.37. The van der Waals surface area contributed by atoms with Gasteiger partial charge in [0.05, 0.1) is 12.7 Å². The molecule has 2 atom stereocenters. The number of nitrogens with two attached hydrogens (primary N) is 1.